The fraction of sp³-hybridized carbons (Fsp3) is 0.727. The second kappa shape index (κ2) is 12.4. The van der Waals surface area contributed by atoms with Crippen molar-refractivity contribution in [3.05, 3.63) is 35.6 Å². The molecule has 0 saturated carbocycles. The summed E-state index contributed by atoms with van der Waals surface area (Å²) in [6, 6.07) is 8.10. The van der Waals surface area contributed by atoms with E-state index in [1.165, 1.54) is 64.2 Å². The van der Waals surface area contributed by atoms with Crippen LogP contribution in [0.4, 0.5) is 4.39 Å². The number of hydrogen-bond donors (Lipinski definition) is 0. The normalized spacial score (nSPS) is 22.8. The SMILES string of the molecule is CC.CCN1CCC(N2CCN(C)CC2C)CC1.Cc1cccc(F)c1. The third-order valence-electron chi connectivity index (χ3n) is 5.34. The highest BCUT2D eigenvalue weighted by atomic mass is 19.1. The van der Waals surface area contributed by atoms with Gasteiger partial charge < -0.3 is 9.80 Å². The summed E-state index contributed by atoms with van der Waals surface area (Å²) in [5, 5.41) is 0. The van der Waals surface area contributed by atoms with Gasteiger partial charge in [-0.05, 0) is 71.1 Å². The fourth-order valence-electron chi connectivity index (χ4n) is 3.87. The summed E-state index contributed by atoms with van der Waals surface area (Å²) in [5.74, 6) is -0.162. The number of piperazine rings is 1. The topological polar surface area (TPSA) is 9.72 Å². The van der Waals surface area contributed by atoms with Crippen LogP contribution in [0.5, 0.6) is 0 Å². The van der Waals surface area contributed by atoms with E-state index in [1.54, 1.807) is 6.07 Å². The van der Waals surface area contributed by atoms with Crippen LogP contribution in [0.2, 0.25) is 0 Å². The average molecular weight is 366 g/mol. The molecule has 0 bridgehead atoms. The monoisotopic (exact) mass is 365 g/mol. The Balaban J connectivity index is 0.000000284. The van der Waals surface area contributed by atoms with Crippen LogP contribution in [-0.4, -0.2) is 73.1 Å². The summed E-state index contributed by atoms with van der Waals surface area (Å²) in [5.41, 5.74) is 0.963. The minimum atomic E-state index is -0.162. The third kappa shape index (κ3) is 7.73. The minimum absolute atomic E-state index is 0.162. The molecule has 4 heteroatoms. The summed E-state index contributed by atoms with van der Waals surface area (Å²) in [6.07, 6.45) is 2.75. The van der Waals surface area contributed by atoms with Crippen molar-refractivity contribution in [2.75, 3.05) is 46.3 Å². The second-order valence-electron chi connectivity index (χ2n) is 7.31. The van der Waals surface area contributed by atoms with Gasteiger partial charge in [0, 0.05) is 31.7 Å². The molecule has 1 unspecified atom stereocenters. The van der Waals surface area contributed by atoms with Gasteiger partial charge in [-0.3, -0.25) is 4.90 Å². The summed E-state index contributed by atoms with van der Waals surface area (Å²) in [7, 11) is 2.24. The molecule has 0 aliphatic carbocycles. The van der Waals surface area contributed by atoms with Crippen LogP contribution in [0.25, 0.3) is 0 Å². The Kier molecular flexibility index (Phi) is 11.0. The predicted molar refractivity (Wildman–Crippen MR) is 111 cm³/mol. The van der Waals surface area contributed by atoms with Gasteiger partial charge in [-0.15, -0.1) is 0 Å². The Labute approximate surface area is 161 Å². The van der Waals surface area contributed by atoms with Crippen LogP contribution in [0.15, 0.2) is 24.3 Å². The lowest BCUT2D eigenvalue weighted by Gasteiger charge is -2.45. The number of hydrogen-bond acceptors (Lipinski definition) is 3. The van der Waals surface area contributed by atoms with Crippen molar-refractivity contribution in [3.63, 3.8) is 0 Å². The summed E-state index contributed by atoms with van der Waals surface area (Å²) < 4.78 is 12.2. The number of likely N-dealkylation sites (N-methyl/N-ethyl adjacent to an activating group) is 1. The Morgan fingerprint density at radius 3 is 2.19 bits per heavy atom. The van der Waals surface area contributed by atoms with E-state index < -0.39 is 0 Å². The Hall–Kier alpha value is -0.970. The van der Waals surface area contributed by atoms with Gasteiger partial charge >= 0.3 is 0 Å². The molecule has 0 N–H and O–H groups in total. The van der Waals surface area contributed by atoms with Gasteiger partial charge in [-0.2, -0.15) is 0 Å². The van der Waals surface area contributed by atoms with Crippen molar-refractivity contribution in [2.45, 2.75) is 59.5 Å². The number of aryl methyl sites for hydroxylation is 1. The van der Waals surface area contributed by atoms with E-state index in [1.807, 2.05) is 26.8 Å². The van der Waals surface area contributed by atoms with Gasteiger partial charge in [0.1, 0.15) is 5.82 Å². The van der Waals surface area contributed by atoms with E-state index in [4.69, 9.17) is 0 Å². The second-order valence-corrected chi connectivity index (χ2v) is 7.31. The Bertz CT molecular complexity index is 469. The Morgan fingerprint density at radius 1 is 1.08 bits per heavy atom. The molecule has 2 aliphatic rings. The zero-order valence-electron chi connectivity index (χ0n) is 17.8. The highest BCUT2D eigenvalue weighted by Crippen LogP contribution is 2.21. The van der Waals surface area contributed by atoms with Gasteiger partial charge in [0.25, 0.3) is 0 Å². The number of rotatable bonds is 2. The molecule has 2 saturated heterocycles. The van der Waals surface area contributed by atoms with E-state index in [-0.39, 0.29) is 5.82 Å². The molecule has 2 fully saturated rings. The first-order valence-electron chi connectivity index (χ1n) is 10.4. The van der Waals surface area contributed by atoms with Crippen molar-refractivity contribution >= 4 is 0 Å². The van der Waals surface area contributed by atoms with Crippen LogP contribution in [0, 0.1) is 12.7 Å². The molecule has 1 aromatic carbocycles. The smallest absolute Gasteiger partial charge is 0.123 e. The number of nitrogens with zero attached hydrogens (tertiary/aromatic N) is 3. The van der Waals surface area contributed by atoms with Gasteiger partial charge in [0.15, 0.2) is 0 Å². The highest BCUT2D eigenvalue weighted by molar-refractivity contribution is 5.13. The van der Waals surface area contributed by atoms with Crippen LogP contribution in [-0.2, 0) is 0 Å². The molecule has 1 atom stereocenters. The minimum Gasteiger partial charge on any atom is -0.304 e. The summed E-state index contributed by atoms with van der Waals surface area (Å²) in [4.78, 5) is 7.80. The number of piperidine rings is 1. The maximum Gasteiger partial charge on any atom is 0.123 e. The zero-order chi connectivity index (χ0) is 19.5. The highest BCUT2D eigenvalue weighted by Gasteiger charge is 2.30. The van der Waals surface area contributed by atoms with Gasteiger partial charge in [-0.25, -0.2) is 4.39 Å². The fourth-order valence-corrected chi connectivity index (χ4v) is 3.87. The molecule has 150 valence electrons. The zero-order valence-corrected chi connectivity index (χ0v) is 17.8. The first kappa shape index (κ1) is 23.1. The molecular formula is C22H40FN3. The molecule has 0 aromatic heterocycles. The average Bonchev–Trinajstić information content (AvgIpc) is 2.64. The first-order valence-corrected chi connectivity index (χ1v) is 10.4. The van der Waals surface area contributed by atoms with E-state index in [0.717, 1.165) is 17.6 Å². The molecule has 2 heterocycles. The van der Waals surface area contributed by atoms with Crippen LogP contribution in [0.1, 0.15) is 46.1 Å². The quantitative estimate of drug-likeness (QED) is 0.775. The lowest BCUT2D eigenvalue weighted by atomic mass is 10.00. The van der Waals surface area contributed by atoms with Crippen molar-refractivity contribution < 1.29 is 4.39 Å². The number of benzene rings is 1. The van der Waals surface area contributed by atoms with Crippen LogP contribution < -0.4 is 0 Å². The van der Waals surface area contributed by atoms with Gasteiger partial charge in [0.2, 0.25) is 0 Å². The molecule has 0 amide bonds. The molecule has 3 rings (SSSR count). The largest absolute Gasteiger partial charge is 0.304 e. The molecule has 3 nitrogen and oxygen atoms in total. The lowest BCUT2D eigenvalue weighted by molar-refractivity contribution is 0.0312. The van der Waals surface area contributed by atoms with E-state index in [2.05, 4.69) is 35.6 Å². The molecule has 2 aliphatic heterocycles. The maximum absolute atomic E-state index is 12.2. The first-order chi connectivity index (χ1) is 12.5. The predicted octanol–water partition coefficient (Wildman–Crippen LogP) is 4.27. The van der Waals surface area contributed by atoms with Gasteiger partial charge in [0.05, 0.1) is 0 Å². The summed E-state index contributed by atoms with van der Waals surface area (Å²) in [6.45, 7) is 18.1. The van der Waals surface area contributed by atoms with Crippen molar-refractivity contribution in [3.8, 4) is 0 Å². The van der Waals surface area contributed by atoms with E-state index in [0.29, 0.717) is 0 Å². The third-order valence-corrected chi connectivity index (χ3v) is 5.34. The van der Waals surface area contributed by atoms with Crippen molar-refractivity contribution in [1.29, 1.82) is 0 Å². The molecule has 26 heavy (non-hydrogen) atoms. The van der Waals surface area contributed by atoms with E-state index >= 15 is 0 Å². The van der Waals surface area contributed by atoms with Gasteiger partial charge in [-0.1, -0.05) is 32.9 Å². The summed E-state index contributed by atoms with van der Waals surface area (Å²) >= 11 is 0. The maximum atomic E-state index is 12.2. The van der Waals surface area contributed by atoms with Crippen molar-refractivity contribution in [1.82, 2.24) is 14.7 Å². The van der Waals surface area contributed by atoms with Crippen LogP contribution in [0.3, 0.4) is 0 Å². The Morgan fingerprint density at radius 2 is 1.73 bits per heavy atom. The molecule has 0 radical (unpaired) electrons. The standard InChI is InChI=1S/C13H27N3.C7H7F.C2H6/c1-4-15-7-5-13(6-8-15)16-10-9-14(3)11-12(16)2;1-6-3-2-4-7(8)5-6;1-2/h12-13H,4-11H2,1-3H3;2-5H,1H3;1-2H3. The van der Waals surface area contributed by atoms with Crippen molar-refractivity contribution in [2.24, 2.45) is 0 Å². The molecule has 1 aromatic rings. The van der Waals surface area contributed by atoms with Crippen LogP contribution >= 0.6 is 0 Å². The van der Waals surface area contributed by atoms with E-state index in [9.17, 15) is 4.39 Å². The molecule has 0 spiro atoms. The number of likely N-dealkylation sites (tertiary alicyclic amines) is 1. The number of halogens is 1. The molecular weight excluding hydrogens is 325 g/mol. The lowest BCUT2D eigenvalue weighted by Crippen LogP contribution is -2.56.